The number of rotatable bonds is 5. The van der Waals surface area contributed by atoms with Crippen LogP contribution in [0, 0.1) is 17.4 Å². The molecule has 0 radical (unpaired) electrons. The number of hydrogen-bond acceptors (Lipinski definition) is 5. The summed E-state index contributed by atoms with van der Waals surface area (Å²) in [7, 11) is 0. The second-order valence-electron chi connectivity index (χ2n) is 6.21. The number of anilines is 1. The molecule has 0 bridgehead atoms. The zero-order chi connectivity index (χ0) is 22.4. The Bertz CT molecular complexity index is 935. The number of carboxylic acids is 1. The molecule has 0 heterocycles. The quantitative estimate of drug-likeness (QED) is 0.243. The molecule has 2 aromatic rings. The van der Waals surface area contributed by atoms with Gasteiger partial charge in [-0.15, -0.1) is 0 Å². The summed E-state index contributed by atoms with van der Waals surface area (Å²) < 4.78 is 29.1. The second-order valence-corrected chi connectivity index (χ2v) is 11.1. The fourth-order valence-corrected chi connectivity index (χ4v) is 5.79. The maximum absolute atomic E-state index is 12.7. The van der Waals surface area contributed by atoms with Crippen LogP contribution in [0.25, 0.3) is 0 Å². The molecule has 0 aromatic heterocycles. The van der Waals surface area contributed by atoms with E-state index in [1.54, 1.807) is 0 Å². The number of benzene rings is 2. The first-order valence-electron chi connectivity index (χ1n) is 8.37. The van der Waals surface area contributed by atoms with Crippen LogP contribution in [0.3, 0.4) is 0 Å². The van der Waals surface area contributed by atoms with Gasteiger partial charge in [-0.1, -0.05) is 0 Å². The third-order valence-electron chi connectivity index (χ3n) is 3.58. The third-order valence-corrected chi connectivity index (χ3v) is 7.58. The molecule has 29 heavy (non-hydrogen) atoms. The fraction of sp³-hybridized carbons (Fsp3) is 0.263. The van der Waals surface area contributed by atoms with E-state index in [0.29, 0.717) is 0 Å². The van der Waals surface area contributed by atoms with Crippen molar-refractivity contribution in [3.63, 3.8) is 0 Å². The number of carbonyl (C=O) groups is 2. The van der Waals surface area contributed by atoms with E-state index < -0.39 is 31.8 Å². The molecule has 8 nitrogen and oxygen atoms in total. The average molecular weight is 579 g/mol. The van der Waals surface area contributed by atoms with E-state index in [9.17, 15) is 17.7 Å². The van der Waals surface area contributed by atoms with Gasteiger partial charge in [-0.3, -0.25) is 4.79 Å². The third kappa shape index (κ3) is 7.85. The summed E-state index contributed by atoms with van der Waals surface area (Å²) in [5.74, 6) is -1.67. The molecule has 2 rings (SSSR count). The number of halogens is 1. The van der Waals surface area contributed by atoms with Crippen molar-refractivity contribution in [3.8, 4) is 5.75 Å². The largest absolute Gasteiger partial charge is 0.481 e. The van der Waals surface area contributed by atoms with Crippen molar-refractivity contribution in [1.29, 1.82) is 0 Å². The monoisotopic (exact) mass is 579 g/mol. The summed E-state index contributed by atoms with van der Waals surface area (Å²) in [5, 5.41) is 20.0. The number of aromatic hydroxyl groups is 1. The van der Waals surface area contributed by atoms with Crippen molar-refractivity contribution in [3.05, 3.63) is 50.6 Å². The minimum Gasteiger partial charge on any atom is -0.481 e. The summed E-state index contributed by atoms with van der Waals surface area (Å²) in [6.07, 6.45) is 0. The first kappa shape index (κ1) is 25.2. The number of amides is 1. The van der Waals surface area contributed by atoms with Gasteiger partial charge in [0.2, 0.25) is 0 Å². The Morgan fingerprint density at radius 2 is 1.79 bits per heavy atom. The number of aryl methyl sites for hydroxylation is 2. The molecule has 0 fully saturated rings. The van der Waals surface area contributed by atoms with Crippen molar-refractivity contribution in [2.24, 2.45) is 0 Å². The molecule has 2 aromatic carbocycles. The maximum atomic E-state index is 12.7. The normalized spacial score (nSPS) is 12.3. The van der Waals surface area contributed by atoms with E-state index in [4.69, 9.17) is 13.6 Å². The van der Waals surface area contributed by atoms with Gasteiger partial charge in [-0.05, 0) is 0 Å². The summed E-state index contributed by atoms with van der Waals surface area (Å²) in [6.45, 7) is 6.22. The zero-order valence-corrected chi connectivity index (χ0v) is 20.4. The molecule has 0 aliphatic carbocycles. The molecule has 0 saturated carbocycles. The van der Waals surface area contributed by atoms with E-state index in [0.717, 1.165) is 27.2 Å². The van der Waals surface area contributed by atoms with Gasteiger partial charge in [0.15, 0.2) is 0 Å². The number of phenols is 1. The van der Waals surface area contributed by atoms with Gasteiger partial charge in [0.1, 0.15) is 0 Å². The van der Waals surface area contributed by atoms with Gasteiger partial charge in [0.05, 0.1) is 0 Å². The van der Waals surface area contributed by atoms with Crippen LogP contribution >= 0.6 is 22.6 Å². The van der Waals surface area contributed by atoms with E-state index >= 15 is 0 Å². The number of aliphatic carboxylic acids is 1. The van der Waals surface area contributed by atoms with Crippen LogP contribution in [0.5, 0.6) is 5.75 Å². The number of carbonyl (C=O) groups excluding carboxylic acids is 1. The van der Waals surface area contributed by atoms with Crippen LogP contribution in [-0.4, -0.2) is 40.4 Å². The van der Waals surface area contributed by atoms with Gasteiger partial charge >= 0.3 is 163 Å². The fourth-order valence-electron chi connectivity index (χ4n) is 2.40. The van der Waals surface area contributed by atoms with Gasteiger partial charge in [-0.25, -0.2) is 0 Å². The molecule has 0 spiro atoms. The number of carboxylic acid groups (broad SMARTS) is 1. The number of phenolic OH excluding ortho intramolecular Hbond substituents is 1. The standard InChI is InChI=1S/C17H19AsINO5.C2H4O2/c1-10-7-11(2)13(15(19)8-10)9-25-18(23,24)14-5-4-6-16(17(14)22)20-12(3)21;1-2(3)4/h4-8,22H,9H2,1-3H3,(H,20,21)(H,23,24);1H3,(H,3,4). The SMILES string of the molecule is CC(=O)Nc1cccc([As](=O)(O)OCc2c(C)cc(C)cc2I)c1O.CC(=O)O. The summed E-state index contributed by atoms with van der Waals surface area (Å²) >= 11 is -2.83. The molecule has 1 amide bonds. The van der Waals surface area contributed by atoms with Gasteiger partial charge < -0.3 is 5.11 Å². The van der Waals surface area contributed by atoms with Gasteiger partial charge in [0.25, 0.3) is 5.97 Å². The molecular weight excluding hydrogens is 556 g/mol. The van der Waals surface area contributed by atoms with E-state index in [-0.39, 0.29) is 16.6 Å². The minimum atomic E-state index is -4.99. The van der Waals surface area contributed by atoms with Crippen molar-refractivity contribution < 1.29 is 31.4 Å². The molecule has 0 saturated heterocycles. The van der Waals surface area contributed by atoms with Crippen molar-refractivity contribution in [2.75, 3.05) is 5.32 Å². The van der Waals surface area contributed by atoms with Crippen LogP contribution in [0.1, 0.15) is 30.5 Å². The van der Waals surface area contributed by atoms with Crippen molar-refractivity contribution in [2.45, 2.75) is 34.3 Å². The predicted molar refractivity (Wildman–Crippen MR) is 117 cm³/mol. The summed E-state index contributed by atoms with van der Waals surface area (Å²) in [4.78, 5) is 20.2. The van der Waals surface area contributed by atoms with Crippen molar-refractivity contribution in [1.82, 2.24) is 0 Å². The topological polar surface area (TPSA) is 133 Å². The van der Waals surface area contributed by atoms with Crippen molar-refractivity contribution >= 4 is 58.7 Å². The maximum Gasteiger partial charge on any atom is 0.300 e. The molecule has 4 N–H and O–H groups in total. The second kappa shape index (κ2) is 10.8. The van der Waals surface area contributed by atoms with Crippen LogP contribution in [0.2, 0.25) is 0 Å². The Morgan fingerprint density at radius 3 is 2.31 bits per heavy atom. The molecular formula is C19H23AsINO7. The van der Waals surface area contributed by atoms with E-state index in [1.807, 2.05) is 26.0 Å². The molecule has 0 aliphatic heterocycles. The predicted octanol–water partition coefficient (Wildman–Crippen LogP) is 2.45. The molecule has 1 unspecified atom stereocenters. The molecule has 1 atom stereocenters. The Kier molecular flexibility index (Phi) is 9.41. The van der Waals surface area contributed by atoms with Crippen LogP contribution in [-0.2, 0) is 23.7 Å². The van der Waals surface area contributed by atoms with E-state index in [1.165, 1.54) is 25.1 Å². The number of para-hydroxylation sites is 1. The number of nitrogens with one attached hydrogen (secondary N) is 1. The number of hydrogen-bond donors (Lipinski definition) is 4. The first-order valence-corrected chi connectivity index (χ1v) is 12.8. The Morgan fingerprint density at radius 1 is 1.21 bits per heavy atom. The van der Waals surface area contributed by atoms with Gasteiger partial charge in [-0.2, -0.15) is 0 Å². The smallest absolute Gasteiger partial charge is 0.300 e. The Labute approximate surface area is 185 Å². The Hall–Kier alpha value is -1.81. The van der Waals surface area contributed by atoms with Crippen LogP contribution in [0.4, 0.5) is 5.69 Å². The van der Waals surface area contributed by atoms with E-state index in [2.05, 4.69) is 27.9 Å². The van der Waals surface area contributed by atoms with Crippen LogP contribution in [0.15, 0.2) is 30.3 Å². The average Bonchev–Trinajstić information content (AvgIpc) is 2.54. The van der Waals surface area contributed by atoms with Gasteiger partial charge in [0, 0.05) is 6.92 Å². The minimum absolute atomic E-state index is 0.0405. The molecule has 0 aliphatic rings. The molecule has 158 valence electrons. The first-order chi connectivity index (χ1) is 13.3. The molecule has 10 heteroatoms. The zero-order valence-electron chi connectivity index (χ0n) is 16.4. The van der Waals surface area contributed by atoms with Crippen LogP contribution < -0.4 is 9.67 Å². The summed E-state index contributed by atoms with van der Waals surface area (Å²) in [5.41, 5.74) is 2.98. The summed E-state index contributed by atoms with van der Waals surface area (Å²) in [6, 6.07) is 8.20. The Balaban J connectivity index is 0.000000960.